The van der Waals surface area contributed by atoms with Crippen LogP contribution in [0.3, 0.4) is 0 Å². The maximum Gasteiger partial charge on any atom is 0.411 e. The Morgan fingerprint density at radius 1 is 0.933 bits per heavy atom. The molecule has 0 aromatic heterocycles. The summed E-state index contributed by atoms with van der Waals surface area (Å²) in [4.78, 5) is 47.3. The van der Waals surface area contributed by atoms with Gasteiger partial charge in [-0.15, -0.1) is 0 Å². The Morgan fingerprint density at radius 3 is 2.43 bits per heavy atom. The minimum Gasteiger partial charge on any atom is -0.452 e. The second-order valence-electron chi connectivity index (χ2n) is 5.81. The molecule has 3 N–H and O–H groups in total. The summed E-state index contributed by atoms with van der Waals surface area (Å²) in [6.07, 6.45) is -0.650. The molecule has 0 radical (unpaired) electrons. The number of ether oxygens (including phenoxy) is 2. The van der Waals surface area contributed by atoms with Crippen LogP contribution in [-0.2, 0) is 19.1 Å². The monoisotopic (exact) mass is 477 g/mol. The molecule has 0 atom stereocenters. The number of carbonyl (C=O) groups excluding carboxylic acids is 4. The molecule has 9 nitrogen and oxygen atoms in total. The van der Waals surface area contributed by atoms with Crippen molar-refractivity contribution in [1.29, 1.82) is 0 Å². The fraction of sp³-hybridized carbons (Fsp3) is 0.200. The fourth-order valence-corrected chi connectivity index (χ4v) is 2.59. The van der Waals surface area contributed by atoms with Crippen LogP contribution in [0.25, 0.3) is 0 Å². The lowest BCUT2D eigenvalue weighted by Crippen LogP contribution is -2.35. The van der Waals surface area contributed by atoms with Gasteiger partial charge in [-0.25, -0.2) is 9.59 Å². The SMILES string of the molecule is CCOC(=O)Nc1cccc(C(=O)OCC(=O)NCC(=O)Nc2ccccc2Br)c1. The number of hydrogen-bond acceptors (Lipinski definition) is 6. The molecule has 0 aliphatic carbocycles. The molecule has 0 bridgehead atoms. The average Bonchev–Trinajstić information content (AvgIpc) is 2.72. The second-order valence-corrected chi connectivity index (χ2v) is 6.66. The van der Waals surface area contributed by atoms with Gasteiger partial charge in [-0.05, 0) is 53.2 Å². The topological polar surface area (TPSA) is 123 Å². The summed E-state index contributed by atoms with van der Waals surface area (Å²) >= 11 is 3.30. The van der Waals surface area contributed by atoms with Gasteiger partial charge in [0.1, 0.15) is 0 Å². The van der Waals surface area contributed by atoms with Crippen molar-refractivity contribution in [3.8, 4) is 0 Å². The molecule has 0 heterocycles. The first-order chi connectivity index (χ1) is 14.4. The van der Waals surface area contributed by atoms with Gasteiger partial charge in [-0.3, -0.25) is 14.9 Å². The van der Waals surface area contributed by atoms with Crippen molar-refractivity contribution in [2.75, 3.05) is 30.4 Å². The van der Waals surface area contributed by atoms with Crippen molar-refractivity contribution in [2.24, 2.45) is 0 Å². The lowest BCUT2D eigenvalue weighted by molar-refractivity contribution is -0.126. The van der Waals surface area contributed by atoms with Crippen LogP contribution in [0, 0.1) is 0 Å². The zero-order chi connectivity index (χ0) is 21.9. The highest BCUT2D eigenvalue weighted by atomic mass is 79.9. The molecule has 0 saturated heterocycles. The van der Waals surface area contributed by atoms with Crippen molar-refractivity contribution >= 4 is 51.2 Å². The van der Waals surface area contributed by atoms with Crippen molar-refractivity contribution in [3.05, 3.63) is 58.6 Å². The van der Waals surface area contributed by atoms with Gasteiger partial charge in [0, 0.05) is 10.2 Å². The van der Waals surface area contributed by atoms with Gasteiger partial charge in [0.15, 0.2) is 6.61 Å². The fourth-order valence-electron chi connectivity index (χ4n) is 2.21. The maximum atomic E-state index is 12.1. The summed E-state index contributed by atoms with van der Waals surface area (Å²) in [7, 11) is 0. The van der Waals surface area contributed by atoms with E-state index in [1.165, 1.54) is 12.1 Å². The van der Waals surface area contributed by atoms with Gasteiger partial charge in [0.2, 0.25) is 5.91 Å². The Kier molecular flexibility index (Phi) is 8.82. The molecule has 2 rings (SSSR count). The number of carbonyl (C=O) groups is 4. The third-order valence-electron chi connectivity index (χ3n) is 3.55. The second kappa shape index (κ2) is 11.6. The standard InChI is InChI=1S/C20H20BrN3O6/c1-2-29-20(28)23-14-7-5-6-13(10-14)19(27)30-12-18(26)22-11-17(25)24-16-9-4-3-8-15(16)21/h3-10H,2,11-12H2,1H3,(H,22,26)(H,23,28)(H,24,25). The summed E-state index contributed by atoms with van der Waals surface area (Å²) in [5.41, 5.74) is 1.05. The van der Waals surface area contributed by atoms with E-state index in [1.54, 1.807) is 43.3 Å². The Labute approximate surface area is 181 Å². The number of anilines is 2. The zero-order valence-electron chi connectivity index (χ0n) is 16.1. The molecule has 30 heavy (non-hydrogen) atoms. The summed E-state index contributed by atoms with van der Waals surface area (Å²) < 4.78 is 10.4. The Balaban J connectivity index is 1.77. The summed E-state index contributed by atoms with van der Waals surface area (Å²) in [5, 5.41) is 7.46. The molecule has 3 amide bonds. The number of benzene rings is 2. The minimum absolute atomic E-state index is 0.142. The number of halogens is 1. The van der Waals surface area contributed by atoms with E-state index >= 15 is 0 Å². The highest BCUT2D eigenvalue weighted by Gasteiger charge is 2.13. The van der Waals surface area contributed by atoms with E-state index in [0.717, 1.165) is 0 Å². The largest absolute Gasteiger partial charge is 0.452 e. The normalized spacial score (nSPS) is 9.93. The first kappa shape index (κ1) is 22.9. The molecular weight excluding hydrogens is 458 g/mol. The van der Waals surface area contributed by atoms with Crippen LogP contribution in [0.5, 0.6) is 0 Å². The van der Waals surface area contributed by atoms with Crippen LogP contribution in [-0.4, -0.2) is 43.6 Å². The van der Waals surface area contributed by atoms with E-state index in [9.17, 15) is 19.2 Å². The third-order valence-corrected chi connectivity index (χ3v) is 4.24. The van der Waals surface area contributed by atoms with Crippen molar-refractivity contribution in [3.63, 3.8) is 0 Å². The Hall–Kier alpha value is -3.40. The predicted molar refractivity (Wildman–Crippen MR) is 113 cm³/mol. The lowest BCUT2D eigenvalue weighted by Gasteiger charge is -2.09. The number of rotatable bonds is 8. The van der Waals surface area contributed by atoms with Crippen LogP contribution in [0.2, 0.25) is 0 Å². The first-order valence-electron chi connectivity index (χ1n) is 8.91. The number of para-hydroxylation sites is 1. The molecule has 158 valence electrons. The summed E-state index contributed by atoms with van der Waals surface area (Å²) in [6, 6.07) is 13.0. The summed E-state index contributed by atoms with van der Waals surface area (Å²) in [5.74, 6) is -1.82. The minimum atomic E-state index is -0.754. The number of esters is 1. The van der Waals surface area contributed by atoms with Gasteiger partial charge < -0.3 is 20.1 Å². The van der Waals surface area contributed by atoms with Crippen LogP contribution < -0.4 is 16.0 Å². The van der Waals surface area contributed by atoms with E-state index in [2.05, 4.69) is 31.9 Å². The molecule has 2 aromatic carbocycles. The van der Waals surface area contributed by atoms with Crippen LogP contribution in [0.15, 0.2) is 53.0 Å². The Morgan fingerprint density at radius 2 is 1.70 bits per heavy atom. The Bertz CT molecular complexity index is 934. The third kappa shape index (κ3) is 7.55. The van der Waals surface area contributed by atoms with E-state index < -0.39 is 30.5 Å². The zero-order valence-corrected chi connectivity index (χ0v) is 17.7. The molecule has 0 unspecified atom stereocenters. The highest BCUT2D eigenvalue weighted by molar-refractivity contribution is 9.10. The number of amides is 3. The van der Waals surface area contributed by atoms with Crippen LogP contribution in [0.1, 0.15) is 17.3 Å². The van der Waals surface area contributed by atoms with Gasteiger partial charge in [0.25, 0.3) is 5.91 Å². The van der Waals surface area contributed by atoms with Crippen molar-refractivity contribution in [1.82, 2.24) is 5.32 Å². The van der Waals surface area contributed by atoms with Gasteiger partial charge in [0.05, 0.1) is 24.4 Å². The number of nitrogens with one attached hydrogen (secondary N) is 3. The van der Waals surface area contributed by atoms with E-state index in [-0.39, 0.29) is 18.7 Å². The molecule has 0 fully saturated rings. The number of hydrogen-bond donors (Lipinski definition) is 3. The van der Waals surface area contributed by atoms with E-state index in [0.29, 0.717) is 15.8 Å². The molecule has 10 heteroatoms. The maximum absolute atomic E-state index is 12.1. The van der Waals surface area contributed by atoms with Gasteiger partial charge >= 0.3 is 12.1 Å². The van der Waals surface area contributed by atoms with Crippen molar-refractivity contribution in [2.45, 2.75) is 6.92 Å². The molecule has 0 spiro atoms. The van der Waals surface area contributed by atoms with Crippen molar-refractivity contribution < 1.29 is 28.7 Å². The smallest absolute Gasteiger partial charge is 0.411 e. The quantitative estimate of drug-likeness (QED) is 0.502. The van der Waals surface area contributed by atoms with Gasteiger partial charge in [-0.1, -0.05) is 18.2 Å². The average molecular weight is 478 g/mol. The summed E-state index contributed by atoms with van der Waals surface area (Å²) in [6.45, 7) is 1.04. The lowest BCUT2D eigenvalue weighted by atomic mass is 10.2. The highest BCUT2D eigenvalue weighted by Crippen LogP contribution is 2.20. The molecular formula is C20H20BrN3O6. The predicted octanol–water partition coefficient (Wildman–Crippen LogP) is 2.93. The molecule has 2 aromatic rings. The molecule has 0 aliphatic rings. The van der Waals surface area contributed by atoms with Crippen LogP contribution >= 0.6 is 15.9 Å². The van der Waals surface area contributed by atoms with E-state index in [4.69, 9.17) is 9.47 Å². The molecule has 0 aliphatic heterocycles. The molecule has 0 saturated carbocycles. The van der Waals surface area contributed by atoms with E-state index in [1.807, 2.05) is 0 Å². The van der Waals surface area contributed by atoms with Gasteiger partial charge in [-0.2, -0.15) is 0 Å². The van der Waals surface area contributed by atoms with Crippen LogP contribution in [0.4, 0.5) is 16.2 Å². The first-order valence-corrected chi connectivity index (χ1v) is 9.70.